The van der Waals surface area contributed by atoms with Crippen molar-refractivity contribution in [1.29, 1.82) is 0 Å². The zero-order valence-electron chi connectivity index (χ0n) is 19.4. The van der Waals surface area contributed by atoms with Gasteiger partial charge in [0, 0.05) is 24.9 Å². The van der Waals surface area contributed by atoms with Gasteiger partial charge >= 0.3 is 0 Å². The largest absolute Gasteiger partial charge is 0.496 e. The highest BCUT2D eigenvalue weighted by Crippen LogP contribution is 2.27. The van der Waals surface area contributed by atoms with E-state index in [0.717, 1.165) is 29.2 Å². The number of nitrogens with zero attached hydrogens (tertiary/aromatic N) is 2. The van der Waals surface area contributed by atoms with Crippen molar-refractivity contribution in [3.63, 3.8) is 0 Å². The zero-order chi connectivity index (χ0) is 23.8. The van der Waals surface area contributed by atoms with Gasteiger partial charge in [0.1, 0.15) is 17.2 Å². The summed E-state index contributed by atoms with van der Waals surface area (Å²) in [5.41, 5.74) is 1.68. The zero-order valence-corrected chi connectivity index (χ0v) is 19.4. The SMILES string of the molecule is COc1ccccc1CCNC(=O)CCc1nnc(-c2ccc(OCC3CCC3)cc2)[nH]c1=O. The number of aromatic amines is 1. The van der Waals surface area contributed by atoms with E-state index >= 15 is 0 Å². The van der Waals surface area contributed by atoms with Gasteiger partial charge in [-0.15, -0.1) is 10.2 Å². The molecule has 0 saturated heterocycles. The van der Waals surface area contributed by atoms with E-state index < -0.39 is 0 Å². The number of rotatable bonds is 11. The molecule has 1 fully saturated rings. The van der Waals surface area contributed by atoms with E-state index in [0.29, 0.717) is 24.7 Å². The Labute approximate surface area is 198 Å². The maximum Gasteiger partial charge on any atom is 0.273 e. The van der Waals surface area contributed by atoms with Gasteiger partial charge in [-0.1, -0.05) is 24.6 Å². The summed E-state index contributed by atoms with van der Waals surface area (Å²) in [6, 6.07) is 15.2. The molecule has 4 rings (SSSR count). The first kappa shape index (κ1) is 23.5. The van der Waals surface area contributed by atoms with E-state index in [1.807, 2.05) is 48.5 Å². The van der Waals surface area contributed by atoms with Crippen molar-refractivity contribution in [2.75, 3.05) is 20.3 Å². The van der Waals surface area contributed by atoms with Gasteiger partial charge in [-0.3, -0.25) is 9.59 Å². The lowest BCUT2D eigenvalue weighted by Gasteiger charge is -2.25. The first-order valence-corrected chi connectivity index (χ1v) is 11.7. The normalized spacial score (nSPS) is 13.2. The molecule has 0 radical (unpaired) electrons. The molecule has 0 unspecified atom stereocenters. The van der Waals surface area contributed by atoms with Gasteiger partial charge in [0.15, 0.2) is 5.82 Å². The molecule has 0 aliphatic heterocycles. The third-order valence-electron chi connectivity index (χ3n) is 6.10. The highest BCUT2D eigenvalue weighted by Gasteiger charge is 2.18. The Balaban J connectivity index is 1.25. The standard InChI is InChI=1S/C26H30N4O4/c1-33-23-8-3-2-7-19(23)15-16-27-24(31)14-13-22-26(32)28-25(30-29-22)20-9-11-21(12-10-20)34-17-18-5-4-6-18/h2-3,7-12,18H,4-6,13-17H2,1H3,(H,27,31)(H,28,30,32). The van der Waals surface area contributed by atoms with Gasteiger partial charge in [-0.05, 0) is 61.1 Å². The van der Waals surface area contributed by atoms with Crippen molar-refractivity contribution in [2.24, 2.45) is 5.92 Å². The van der Waals surface area contributed by atoms with Crippen LogP contribution in [0.2, 0.25) is 0 Å². The third-order valence-corrected chi connectivity index (χ3v) is 6.10. The second-order valence-corrected chi connectivity index (χ2v) is 8.49. The number of benzene rings is 2. The monoisotopic (exact) mass is 462 g/mol. The first-order valence-electron chi connectivity index (χ1n) is 11.7. The van der Waals surface area contributed by atoms with Crippen molar-refractivity contribution in [3.8, 4) is 22.9 Å². The Morgan fingerprint density at radius 3 is 2.59 bits per heavy atom. The van der Waals surface area contributed by atoms with E-state index in [4.69, 9.17) is 9.47 Å². The fraction of sp³-hybridized carbons (Fsp3) is 0.385. The molecular formula is C26H30N4O4. The van der Waals surface area contributed by atoms with Crippen molar-refractivity contribution < 1.29 is 14.3 Å². The van der Waals surface area contributed by atoms with Gasteiger partial charge in [-0.25, -0.2) is 0 Å². The third kappa shape index (κ3) is 6.21. The van der Waals surface area contributed by atoms with E-state index in [1.165, 1.54) is 19.3 Å². The average molecular weight is 463 g/mol. The fourth-order valence-electron chi connectivity index (χ4n) is 3.80. The van der Waals surface area contributed by atoms with E-state index in [9.17, 15) is 9.59 Å². The number of amides is 1. The summed E-state index contributed by atoms with van der Waals surface area (Å²) >= 11 is 0. The fourth-order valence-corrected chi connectivity index (χ4v) is 3.80. The van der Waals surface area contributed by atoms with Crippen LogP contribution in [-0.2, 0) is 17.6 Å². The summed E-state index contributed by atoms with van der Waals surface area (Å²) in [5, 5.41) is 11.1. The lowest BCUT2D eigenvalue weighted by Crippen LogP contribution is -2.27. The van der Waals surface area contributed by atoms with Crippen LogP contribution in [0.15, 0.2) is 53.3 Å². The lowest BCUT2D eigenvalue weighted by molar-refractivity contribution is -0.121. The number of hydrogen-bond acceptors (Lipinski definition) is 6. The van der Waals surface area contributed by atoms with Crippen LogP contribution in [0.3, 0.4) is 0 Å². The summed E-state index contributed by atoms with van der Waals surface area (Å²) < 4.78 is 11.1. The Hall–Kier alpha value is -3.68. The van der Waals surface area contributed by atoms with Crippen molar-refractivity contribution >= 4 is 5.91 Å². The molecule has 1 saturated carbocycles. The number of H-pyrrole nitrogens is 1. The van der Waals surface area contributed by atoms with Crippen LogP contribution in [-0.4, -0.2) is 41.3 Å². The van der Waals surface area contributed by atoms with E-state index in [1.54, 1.807) is 7.11 Å². The molecule has 8 nitrogen and oxygen atoms in total. The number of aromatic nitrogens is 3. The number of aryl methyl sites for hydroxylation is 1. The van der Waals surface area contributed by atoms with Gasteiger partial charge in [0.25, 0.3) is 5.56 Å². The minimum Gasteiger partial charge on any atom is -0.496 e. The summed E-state index contributed by atoms with van der Waals surface area (Å²) in [6.07, 6.45) is 4.82. The molecule has 2 N–H and O–H groups in total. The number of methoxy groups -OCH3 is 1. The van der Waals surface area contributed by atoms with Crippen LogP contribution in [0.25, 0.3) is 11.4 Å². The predicted molar refractivity (Wildman–Crippen MR) is 129 cm³/mol. The quantitative estimate of drug-likeness (QED) is 0.453. The number of ether oxygens (including phenoxy) is 2. The molecule has 1 aliphatic carbocycles. The molecule has 0 atom stereocenters. The van der Waals surface area contributed by atoms with Gasteiger partial charge in [0.2, 0.25) is 5.91 Å². The molecule has 1 heterocycles. The Morgan fingerprint density at radius 1 is 1.09 bits per heavy atom. The van der Waals surface area contributed by atoms with Crippen LogP contribution >= 0.6 is 0 Å². The molecule has 34 heavy (non-hydrogen) atoms. The maximum atomic E-state index is 12.5. The molecule has 0 bridgehead atoms. The molecule has 1 aliphatic rings. The summed E-state index contributed by atoms with van der Waals surface area (Å²) in [7, 11) is 1.63. The Kier molecular flexibility index (Phi) is 7.91. The van der Waals surface area contributed by atoms with Crippen LogP contribution in [0.1, 0.15) is 36.9 Å². The van der Waals surface area contributed by atoms with Crippen LogP contribution in [0, 0.1) is 5.92 Å². The van der Waals surface area contributed by atoms with Gasteiger partial charge in [-0.2, -0.15) is 0 Å². The first-order chi connectivity index (χ1) is 16.6. The Bertz CT molecular complexity index is 1160. The molecule has 0 spiro atoms. The van der Waals surface area contributed by atoms with Crippen LogP contribution in [0.4, 0.5) is 0 Å². The van der Waals surface area contributed by atoms with Gasteiger partial charge < -0.3 is 19.8 Å². The minimum atomic E-state index is -0.336. The van der Waals surface area contributed by atoms with Crippen molar-refractivity contribution in [2.45, 2.75) is 38.5 Å². The molecule has 1 amide bonds. The Morgan fingerprint density at radius 2 is 1.88 bits per heavy atom. The molecule has 8 heteroatoms. The minimum absolute atomic E-state index is 0.141. The second kappa shape index (κ2) is 11.4. The van der Waals surface area contributed by atoms with Crippen LogP contribution in [0.5, 0.6) is 11.5 Å². The number of nitrogens with one attached hydrogen (secondary N) is 2. The predicted octanol–water partition coefficient (Wildman–Crippen LogP) is 3.31. The lowest BCUT2D eigenvalue weighted by atomic mass is 9.86. The molecular weight excluding hydrogens is 432 g/mol. The number of para-hydroxylation sites is 1. The molecule has 1 aromatic heterocycles. The van der Waals surface area contributed by atoms with E-state index in [2.05, 4.69) is 20.5 Å². The molecule has 3 aromatic rings. The number of hydrogen-bond donors (Lipinski definition) is 2. The molecule has 2 aromatic carbocycles. The molecule has 178 valence electrons. The maximum absolute atomic E-state index is 12.5. The summed E-state index contributed by atoms with van der Waals surface area (Å²) in [6.45, 7) is 1.24. The van der Waals surface area contributed by atoms with Crippen molar-refractivity contribution in [1.82, 2.24) is 20.5 Å². The van der Waals surface area contributed by atoms with Gasteiger partial charge in [0.05, 0.1) is 13.7 Å². The topological polar surface area (TPSA) is 106 Å². The highest BCUT2D eigenvalue weighted by atomic mass is 16.5. The summed E-state index contributed by atoms with van der Waals surface area (Å²) in [4.78, 5) is 27.4. The average Bonchev–Trinajstić information content (AvgIpc) is 2.83. The number of carbonyl (C=O) groups is 1. The second-order valence-electron chi connectivity index (χ2n) is 8.49. The van der Waals surface area contributed by atoms with Crippen molar-refractivity contribution in [3.05, 3.63) is 70.1 Å². The van der Waals surface area contributed by atoms with Crippen LogP contribution < -0.4 is 20.3 Å². The highest BCUT2D eigenvalue weighted by molar-refractivity contribution is 5.76. The van der Waals surface area contributed by atoms with E-state index in [-0.39, 0.29) is 30.0 Å². The summed E-state index contributed by atoms with van der Waals surface area (Å²) in [5.74, 6) is 2.52. The number of carbonyl (C=O) groups excluding carboxylic acids is 1. The smallest absolute Gasteiger partial charge is 0.273 e.